The largest absolute Gasteiger partial charge is 0.457 e. The number of ether oxygens (including phenoxy) is 1. The highest BCUT2D eigenvalue weighted by Gasteiger charge is 2.04. The molecule has 0 amide bonds. The number of rotatable bonds is 2. The zero-order chi connectivity index (χ0) is 12.5. The van der Waals surface area contributed by atoms with Gasteiger partial charge in [0.25, 0.3) is 0 Å². The van der Waals surface area contributed by atoms with Crippen LogP contribution in [0.5, 0.6) is 11.5 Å². The molecule has 1 aromatic heterocycles. The average molecular weight is 237 g/mol. The number of para-hydroxylation sites is 1. The highest BCUT2D eigenvalue weighted by atomic mass is 16.5. The van der Waals surface area contributed by atoms with Crippen molar-refractivity contribution in [2.75, 3.05) is 0 Å². The molecule has 90 valence electrons. The third-order valence-corrected chi connectivity index (χ3v) is 3.23. The Balaban J connectivity index is 1.99. The van der Waals surface area contributed by atoms with E-state index in [1.807, 2.05) is 36.4 Å². The summed E-state index contributed by atoms with van der Waals surface area (Å²) in [5, 5.41) is 1.21. The van der Waals surface area contributed by atoms with E-state index in [0.717, 1.165) is 11.5 Å². The van der Waals surface area contributed by atoms with E-state index in [1.54, 1.807) is 0 Å². The van der Waals surface area contributed by atoms with E-state index < -0.39 is 0 Å². The number of benzene rings is 2. The number of hydrogen-bond donors (Lipinski definition) is 0. The maximum absolute atomic E-state index is 5.83. The molecule has 18 heavy (non-hydrogen) atoms. The second kappa shape index (κ2) is 4.22. The Hall–Kier alpha value is -2.22. The van der Waals surface area contributed by atoms with Gasteiger partial charge in [-0.1, -0.05) is 18.2 Å². The standard InChI is InChI=1S/C16H15NO/c1-12-10-13-11-15(8-9-16(13)17(12)2)18-14-6-4-3-5-7-14/h3-11H,1-2H3. The first kappa shape index (κ1) is 10.9. The lowest BCUT2D eigenvalue weighted by Gasteiger charge is -2.05. The Bertz CT molecular complexity index is 683. The van der Waals surface area contributed by atoms with E-state index in [1.165, 1.54) is 16.6 Å². The van der Waals surface area contributed by atoms with Crippen molar-refractivity contribution in [1.82, 2.24) is 4.57 Å². The van der Waals surface area contributed by atoms with Crippen molar-refractivity contribution in [2.24, 2.45) is 7.05 Å². The number of nitrogens with zero attached hydrogens (tertiary/aromatic N) is 1. The van der Waals surface area contributed by atoms with Gasteiger partial charge in [0.1, 0.15) is 11.5 Å². The van der Waals surface area contributed by atoms with Crippen LogP contribution in [0.2, 0.25) is 0 Å². The number of hydrogen-bond acceptors (Lipinski definition) is 1. The zero-order valence-electron chi connectivity index (χ0n) is 10.6. The fourth-order valence-electron chi connectivity index (χ4n) is 2.15. The lowest BCUT2D eigenvalue weighted by atomic mass is 10.2. The van der Waals surface area contributed by atoms with Crippen LogP contribution in [0.3, 0.4) is 0 Å². The van der Waals surface area contributed by atoms with Gasteiger partial charge in [-0.3, -0.25) is 0 Å². The minimum Gasteiger partial charge on any atom is -0.457 e. The van der Waals surface area contributed by atoms with Crippen molar-refractivity contribution in [1.29, 1.82) is 0 Å². The topological polar surface area (TPSA) is 14.2 Å². The molecule has 2 heteroatoms. The van der Waals surface area contributed by atoms with Gasteiger partial charge in [-0.25, -0.2) is 0 Å². The van der Waals surface area contributed by atoms with Crippen LogP contribution in [0.4, 0.5) is 0 Å². The fourth-order valence-corrected chi connectivity index (χ4v) is 2.15. The summed E-state index contributed by atoms with van der Waals surface area (Å²) >= 11 is 0. The Morgan fingerprint density at radius 1 is 0.889 bits per heavy atom. The van der Waals surface area contributed by atoms with Crippen LogP contribution < -0.4 is 4.74 Å². The van der Waals surface area contributed by atoms with Gasteiger partial charge in [0.05, 0.1) is 0 Å². The molecule has 0 aliphatic heterocycles. The molecule has 0 spiro atoms. The zero-order valence-corrected chi connectivity index (χ0v) is 10.6. The monoisotopic (exact) mass is 237 g/mol. The summed E-state index contributed by atoms with van der Waals surface area (Å²) < 4.78 is 8.01. The molecule has 0 bridgehead atoms. The lowest BCUT2D eigenvalue weighted by Crippen LogP contribution is -1.89. The molecule has 2 aromatic carbocycles. The Morgan fingerprint density at radius 3 is 2.44 bits per heavy atom. The molecule has 0 fully saturated rings. The maximum Gasteiger partial charge on any atom is 0.128 e. The summed E-state index contributed by atoms with van der Waals surface area (Å²) in [6, 6.07) is 18.2. The maximum atomic E-state index is 5.83. The van der Waals surface area contributed by atoms with E-state index in [0.29, 0.717) is 0 Å². The van der Waals surface area contributed by atoms with E-state index in [9.17, 15) is 0 Å². The number of aryl methyl sites for hydroxylation is 2. The third-order valence-electron chi connectivity index (χ3n) is 3.23. The van der Waals surface area contributed by atoms with Crippen LogP contribution in [0.25, 0.3) is 10.9 Å². The fraction of sp³-hybridized carbons (Fsp3) is 0.125. The summed E-state index contributed by atoms with van der Waals surface area (Å²) in [5.74, 6) is 1.74. The molecule has 3 rings (SSSR count). The minimum atomic E-state index is 0.865. The van der Waals surface area contributed by atoms with Gasteiger partial charge in [0.15, 0.2) is 0 Å². The van der Waals surface area contributed by atoms with Crippen LogP contribution in [-0.2, 0) is 7.05 Å². The quantitative estimate of drug-likeness (QED) is 0.649. The van der Waals surface area contributed by atoms with Crippen LogP contribution in [-0.4, -0.2) is 4.57 Å². The second-order valence-electron chi connectivity index (χ2n) is 4.48. The first-order valence-electron chi connectivity index (χ1n) is 6.03. The second-order valence-corrected chi connectivity index (χ2v) is 4.48. The van der Waals surface area contributed by atoms with Crippen molar-refractivity contribution in [3.8, 4) is 11.5 Å². The minimum absolute atomic E-state index is 0.865. The van der Waals surface area contributed by atoms with Gasteiger partial charge < -0.3 is 9.30 Å². The van der Waals surface area contributed by atoms with Gasteiger partial charge in [-0.2, -0.15) is 0 Å². The smallest absolute Gasteiger partial charge is 0.128 e. The van der Waals surface area contributed by atoms with Crippen LogP contribution in [0.1, 0.15) is 5.69 Å². The van der Waals surface area contributed by atoms with Crippen molar-refractivity contribution in [3.63, 3.8) is 0 Å². The normalized spacial score (nSPS) is 10.8. The highest BCUT2D eigenvalue weighted by Crippen LogP contribution is 2.26. The molecule has 0 unspecified atom stereocenters. The first-order valence-corrected chi connectivity index (χ1v) is 6.03. The van der Waals surface area contributed by atoms with E-state index in [4.69, 9.17) is 4.74 Å². The Kier molecular flexibility index (Phi) is 2.56. The molecular weight excluding hydrogens is 222 g/mol. The Labute approximate surface area is 106 Å². The molecule has 0 N–H and O–H groups in total. The molecule has 0 saturated carbocycles. The van der Waals surface area contributed by atoms with Gasteiger partial charge in [0.2, 0.25) is 0 Å². The number of aromatic nitrogens is 1. The number of fused-ring (bicyclic) bond motifs is 1. The predicted octanol–water partition coefficient (Wildman–Crippen LogP) is 4.28. The van der Waals surface area contributed by atoms with Crippen LogP contribution in [0, 0.1) is 6.92 Å². The molecule has 0 saturated heterocycles. The molecule has 0 aliphatic rings. The summed E-state index contributed by atoms with van der Waals surface area (Å²) in [4.78, 5) is 0. The van der Waals surface area contributed by atoms with Crippen molar-refractivity contribution in [3.05, 3.63) is 60.3 Å². The van der Waals surface area contributed by atoms with Crippen molar-refractivity contribution >= 4 is 10.9 Å². The molecule has 3 aromatic rings. The molecule has 2 nitrogen and oxygen atoms in total. The highest BCUT2D eigenvalue weighted by molar-refractivity contribution is 5.82. The molecular formula is C16H15NO. The van der Waals surface area contributed by atoms with Crippen LogP contribution >= 0.6 is 0 Å². The first-order chi connectivity index (χ1) is 8.74. The van der Waals surface area contributed by atoms with Crippen molar-refractivity contribution < 1.29 is 4.74 Å². The van der Waals surface area contributed by atoms with Gasteiger partial charge >= 0.3 is 0 Å². The SMILES string of the molecule is Cc1cc2cc(Oc3ccccc3)ccc2n1C. The van der Waals surface area contributed by atoms with Gasteiger partial charge in [0, 0.05) is 23.6 Å². The predicted molar refractivity (Wildman–Crippen MR) is 74.2 cm³/mol. The Morgan fingerprint density at radius 2 is 1.67 bits per heavy atom. The summed E-state index contributed by atoms with van der Waals surface area (Å²) in [5.41, 5.74) is 2.48. The summed E-state index contributed by atoms with van der Waals surface area (Å²) in [6.07, 6.45) is 0. The van der Waals surface area contributed by atoms with E-state index in [-0.39, 0.29) is 0 Å². The van der Waals surface area contributed by atoms with E-state index >= 15 is 0 Å². The molecule has 1 heterocycles. The lowest BCUT2D eigenvalue weighted by molar-refractivity contribution is 0.483. The molecule has 0 aliphatic carbocycles. The van der Waals surface area contributed by atoms with Crippen molar-refractivity contribution in [2.45, 2.75) is 6.92 Å². The van der Waals surface area contributed by atoms with Gasteiger partial charge in [-0.15, -0.1) is 0 Å². The van der Waals surface area contributed by atoms with Gasteiger partial charge in [-0.05, 0) is 43.3 Å². The van der Waals surface area contributed by atoms with E-state index in [2.05, 4.69) is 36.7 Å². The molecule has 0 atom stereocenters. The third kappa shape index (κ3) is 1.86. The van der Waals surface area contributed by atoms with Crippen LogP contribution in [0.15, 0.2) is 54.6 Å². The molecule has 0 radical (unpaired) electrons. The summed E-state index contributed by atoms with van der Waals surface area (Å²) in [6.45, 7) is 2.11. The average Bonchev–Trinajstić information content (AvgIpc) is 2.66. The summed E-state index contributed by atoms with van der Waals surface area (Å²) in [7, 11) is 2.08.